The lowest BCUT2D eigenvalue weighted by Crippen LogP contribution is -2.55. The molecule has 5 nitrogen and oxygen atoms in total. The van der Waals surface area contributed by atoms with Crippen molar-refractivity contribution in [3.05, 3.63) is 0 Å². The van der Waals surface area contributed by atoms with E-state index in [0.29, 0.717) is 12.3 Å². The van der Waals surface area contributed by atoms with Gasteiger partial charge in [-0.25, -0.2) is 9.59 Å². The Morgan fingerprint density at radius 1 is 1.47 bits per heavy atom. The van der Waals surface area contributed by atoms with Crippen LogP contribution in [0.5, 0.6) is 0 Å². The Hall–Kier alpha value is -0.910. The third-order valence-electron chi connectivity index (χ3n) is 3.81. The van der Waals surface area contributed by atoms with Gasteiger partial charge in [0, 0.05) is 24.1 Å². The van der Waals surface area contributed by atoms with Gasteiger partial charge < -0.3 is 15.3 Å². The lowest BCUT2D eigenvalue weighted by Gasteiger charge is -2.33. The van der Waals surface area contributed by atoms with Gasteiger partial charge in [-0.1, -0.05) is 19.8 Å². The highest BCUT2D eigenvalue weighted by Crippen LogP contribution is 2.34. The smallest absolute Gasteiger partial charge is 0.327 e. The summed E-state index contributed by atoms with van der Waals surface area (Å²) in [7, 11) is 0. The molecule has 2 fully saturated rings. The maximum Gasteiger partial charge on any atom is 0.327 e. The molecule has 0 aromatic rings. The molecule has 0 aromatic carbocycles. The van der Waals surface area contributed by atoms with Crippen LogP contribution in [0.1, 0.15) is 32.6 Å². The Morgan fingerprint density at radius 3 is 2.79 bits per heavy atom. The highest BCUT2D eigenvalue weighted by Gasteiger charge is 2.33. The van der Waals surface area contributed by atoms with Crippen molar-refractivity contribution >= 4 is 23.8 Å². The van der Waals surface area contributed by atoms with Crippen LogP contribution < -0.4 is 5.32 Å². The first-order valence-electron chi connectivity index (χ1n) is 6.99. The van der Waals surface area contributed by atoms with Crippen LogP contribution in [-0.4, -0.2) is 52.1 Å². The summed E-state index contributed by atoms with van der Waals surface area (Å²) >= 11 is 1.60. The highest BCUT2D eigenvalue weighted by molar-refractivity contribution is 7.99. The summed E-state index contributed by atoms with van der Waals surface area (Å²) in [5.74, 6) is 1.16. The zero-order valence-corrected chi connectivity index (χ0v) is 12.1. The number of nitrogens with zero attached hydrogens (tertiary/aromatic N) is 1. The van der Waals surface area contributed by atoms with Crippen molar-refractivity contribution in [2.45, 2.75) is 44.7 Å². The molecule has 1 heterocycles. The van der Waals surface area contributed by atoms with Crippen LogP contribution in [0.4, 0.5) is 4.79 Å². The fraction of sp³-hybridized carbons (Fsp3) is 0.846. The summed E-state index contributed by atoms with van der Waals surface area (Å²) in [5.41, 5.74) is 0. The second-order valence-electron chi connectivity index (χ2n) is 5.36. The van der Waals surface area contributed by atoms with Gasteiger partial charge in [0.25, 0.3) is 0 Å². The second-order valence-corrected chi connectivity index (χ2v) is 6.51. The van der Waals surface area contributed by atoms with E-state index in [-0.39, 0.29) is 12.1 Å². The van der Waals surface area contributed by atoms with Crippen LogP contribution in [0.2, 0.25) is 0 Å². The highest BCUT2D eigenvalue weighted by atomic mass is 32.2. The van der Waals surface area contributed by atoms with Gasteiger partial charge in [-0.2, -0.15) is 11.8 Å². The Morgan fingerprint density at radius 2 is 2.21 bits per heavy atom. The molecule has 2 amide bonds. The minimum absolute atomic E-state index is 0.184. The molecule has 2 aliphatic rings. The fourth-order valence-corrected chi connectivity index (χ4v) is 3.43. The third-order valence-corrected chi connectivity index (χ3v) is 4.83. The number of thioether (sulfide) groups is 1. The molecule has 1 saturated carbocycles. The molecule has 1 aliphatic heterocycles. The van der Waals surface area contributed by atoms with Crippen LogP contribution in [0.3, 0.4) is 0 Å². The summed E-state index contributed by atoms with van der Waals surface area (Å²) in [5, 5.41) is 12.2. The van der Waals surface area contributed by atoms with Gasteiger partial charge in [0.1, 0.15) is 6.04 Å². The van der Waals surface area contributed by atoms with Crippen molar-refractivity contribution in [3.63, 3.8) is 0 Å². The molecular weight excluding hydrogens is 264 g/mol. The third kappa shape index (κ3) is 4.03. The number of aliphatic carboxylic acids is 1. The lowest BCUT2D eigenvalue weighted by atomic mass is 10.1. The molecule has 0 aromatic heterocycles. The van der Waals surface area contributed by atoms with Crippen molar-refractivity contribution in [1.29, 1.82) is 0 Å². The minimum Gasteiger partial charge on any atom is -0.480 e. The Balaban J connectivity index is 1.90. The van der Waals surface area contributed by atoms with Gasteiger partial charge in [-0.15, -0.1) is 0 Å². The SMILES string of the molecule is CCC(CC1CC1)NC(=O)N1CCSCC1C(=O)O. The van der Waals surface area contributed by atoms with Crippen LogP contribution in [0.25, 0.3) is 0 Å². The van der Waals surface area contributed by atoms with Gasteiger partial charge in [0.15, 0.2) is 0 Å². The monoisotopic (exact) mass is 286 g/mol. The molecule has 1 saturated heterocycles. The first-order valence-corrected chi connectivity index (χ1v) is 8.15. The van der Waals surface area contributed by atoms with E-state index < -0.39 is 12.0 Å². The molecular formula is C13H22N2O3S. The van der Waals surface area contributed by atoms with Crippen LogP contribution >= 0.6 is 11.8 Å². The second kappa shape index (κ2) is 6.50. The molecule has 0 spiro atoms. The van der Waals surface area contributed by atoms with Crippen LogP contribution in [-0.2, 0) is 4.79 Å². The molecule has 0 radical (unpaired) electrons. The quantitative estimate of drug-likeness (QED) is 0.808. The number of carbonyl (C=O) groups is 2. The number of carboxylic acids is 1. The molecule has 6 heteroatoms. The predicted molar refractivity (Wildman–Crippen MR) is 75.4 cm³/mol. The van der Waals surface area contributed by atoms with E-state index in [1.165, 1.54) is 17.7 Å². The first-order chi connectivity index (χ1) is 9.11. The maximum absolute atomic E-state index is 12.2. The standard InChI is InChI=1S/C13H22N2O3S/c1-2-10(7-9-3-4-9)14-13(18)15-5-6-19-8-11(15)12(16)17/h9-11H,2-8H2,1H3,(H,14,18)(H,16,17). The van der Waals surface area contributed by atoms with Crippen LogP contribution in [0.15, 0.2) is 0 Å². The predicted octanol–water partition coefficient (Wildman–Crippen LogP) is 1.78. The Labute approximate surface area is 118 Å². The number of urea groups is 1. The van der Waals surface area contributed by atoms with Gasteiger partial charge in [-0.05, 0) is 18.8 Å². The average Bonchev–Trinajstić information content (AvgIpc) is 3.21. The van der Waals surface area contributed by atoms with E-state index in [1.807, 2.05) is 0 Å². The van der Waals surface area contributed by atoms with E-state index in [4.69, 9.17) is 5.11 Å². The number of nitrogens with one attached hydrogen (secondary N) is 1. The van der Waals surface area contributed by atoms with Gasteiger partial charge in [0.05, 0.1) is 0 Å². The summed E-state index contributed by atoms with van der Waals surface area (Å²) < 4.78 is 0. The van der Waals surface area contributed by atoms with Gasteiger partial charge >= 0.3 is 12.0 Å². The van der Waals surface area contributed by atoms with Crippen molar-refractivity contribution in [2.75, 3.05) is 18.1 Å². The average molecular weight is 286 g/mol. The molecule has 2 atom stereocenters. The number of rotatable bonds is 5. The zero-order valence-electron chi connectivity index (χ0n) is 11.3. The molecule has 2 N–H and O–H groups in total. The number of carboxylic acid groups (broad SMARTS) is 1. The molecule has 108 valence electrons. The van der Waals surface area contributed by atoms with Crippen molar-refractivity contribution in [1.82, 2.24) is 10.2 Å². The molecule has 2 unspecified atom stereocenters. The van der Waals surface area contributed by atoms with E-state index in [1.54, 1.807) is 11.8 Å². The normalized spacial score (nSPS) is 24.9. The van der Waals surface area contributed by atoms with Crippen molar-refractivity contribution in [2.24, 2.45) is 5.92 Å². The van der Waals surface area contributed by atoms with Gasteiger partial charge in [-0.3, -0.25) is 0 Å². The molecule has 2 rings (SSSR count). The summed E-state index contributed by atoms with van der Waals surface area (Å²) in [6.45, 7) is 2.58. The molecule has 1 aliphatic carbocycles. The fourth-order valence-electron chi connectivity index (χ4n) is 2.39. The maximum atomic E-state index is 12.2. The number of amides is 2. The summed E-state index contributed by atoms with van der Waals surface area (Å²) in [6.07, 6.45) is 4.47. The van der Waals surface area contributed by atoms with E-state index in [2.05, 4.69) is 12.2 Å². The van der Waals surface area contributed by atoms with Crippen molar-refractivity contribution < 1.29 is 14.7 Å². The van der Waals surface area contributed by atoms with E-state index >= 15 is 0 Å². The number of hydrogen-bond acceptors (Lipinski definition) is 3. The number of hydrogen-bond donors (Lipinski definition) is 2. The first kappa shape index (κ1) is 14.5. The summed E-state index contributed by atoms with van der Waals surface area (Å²) in [4.78, 5) is 24.9. The topological polar surface area (TPSA) is 69.6 Å². The van der Waals surface area contributed by atoms with Crippen LogP contribution in [0, 0.1) is 5.92 Å². The minimum atomic E-state index is -0.905. The number of carbonyl (C=O) groups excluding carboxylic acids is 1. The van der Waals surface area contributed by atoms with E-state index in [0.717, 1.165) is 24.5 Å². The largest absolute Gasteiger partial charge is 0.480 e. The summed E-state index contributed by atoms with van der Waals surface area (Å²) in [6, 6.07) is -0.707. The van der Waals surface area contributed by atoms with Gasteiger partial charge in [0.2, 0.25) is 0 Å². The van der Waals surface area contributed by atoms with E-state index in [9.17, 15) is 9.59 Å². The molecule has 19 heavy (non-hydrogen) atoms. The zero-order chi connectivity index (χ0) is 13.8. The van der Waals surface area contributed by atoms with Crippen molar-refractivity contribution in [3.8, 4) is 0 Å². The lowest BCUT2D eigenvalue weighted by molar-refractivity contribution is -0.141. The molecule has 0 bridgehead atoms. The Kier molecular flexibility index (Phi) is 4.96. The Bertz CT molecular complexity index is 347.